The van der Waals surface area contributed by atoms with E-state index in [1.165, 1.54) is 0 Å². The normalized spacial score (nSPS) is 8.86. The van der Waals surface area contributed by atoms with Gasteiger partial charge in [-0.2, -0.15) is 0 Å². The van der Waals surface area contributed by atoms with Crippen LogP contribution >= 0.6 is 27.5 Å². The van der Waals surface area contributed by atoms with Crippen molar-refractivity contribution < 1.29 is 4.79 Å². The summed E-state index contributed by atoms with van der Waals surface area (Å²) >= 11 is 8.05. The molecule has 0 radical (unpaired) electrons. The van der Waals surface area contributed by atoms with Crippen LogP contribution in [0.25, 0.3) is 0 Å². The van der Waals surface area contributed by atoms with Gasteiger partial charge in [0, 0.05) is 12.3 Å². The predicted molar refractivity (Wildman–Crippen MR) is 33.9 cm³/mol. The van der Waals surface area contributed by atoms with E-state index in [1.807, 2.05) is 0 Å². The van der Waals surface area contributed by atoms with Gasteiger partial charge in [0.05, 0.1) is 0 Å². The maximum Gasteiger partial charge on any atom is 0.197 e. The molecule has 0 aliphatic heterocycles. The van der Waals surface area contributed by atoms with Gasteiger partial charge in [-0.1, -0.05) is 0 Å². The molecule has 0 aromatic heterocycles. The van der Waals surface area contributed by atoms with E-state index in [2.05, 4.69) is 15.9 Å². The first-order valence-electron chi connectivity index (χ1n) is 2.01. The molecule has 7 heavy (non-hydrogen) atoms. The maximum absolute atomic E-state index is 10.1. The Hall–Kier alpha value is 0.440. The first-order valence-corrected chi connectivity index (χ1v) is 3.34. The zero-order valence-corrected chi connectivity index (χ0v) is 6.13. The molecular formula is C4H6BrClO. The van der Waals surface area contributed by atoms with Crippen LogP contribution in [-0.4, -0.2) is 10.6 Å². The zero-order valence-electron chi connectivity index (χ0n) is 3.79. The molecular weight excluding hydrogens is 179 g/mol. The van der Waals surface area contributed by atoms with Gasteiger partial charge in [-0.3, -0.25) is 4.79 Å². The molecule has 0 atom stereocenters. The molecule has 0 aromatic carbocycles. The molecule has 0 unspecified atom stereocenters. The molecule has 0 aliphatic carbocycles. The molecule has 1 nitrogen and oxygen atoms in total. The van der Waals surface area contributed by atoms with Crippen LogP contribution in [0.15, 0.2) is 0 Å². The summed E-state index contributed by atoms with van der Waals surface area (Å²) < 4.78 is 0.0353. The summed E-state index contributed by atoms with van der Waals surface area (Å²) in [5.74, 6) is 0.567. The summed E-state index contributed by atoms with van der Waals surface area (Å²) in [5, 5.41) is 0. The highest BCUT2D eigenvalue weighted by Gasteiger charge is 1.90. The lowest BCUT2D eigenvalue weighted by atomic mass is 10.4. The molecule has 0 heterocycles. The van der Waals surface area contributed by atoms with Gasteiger partial charge in [0.15, 0.2) is 4.69 Å². The Labute approximate surface area is 56.2 Å². The third-order valence-electron chi connectivity index (χ3n) is 0.507. The van der Waals surface area contributed by atoms with Crippen molar-refractivity contribution in [2.24, 2.45) is 0 Å². The first-order chi connectivity index (χ1) is 3.27. The molecule has 0 bridgehead atoms. The SMILES string of the molecule is O=C(Br)CCCCl. The van der Waals surface area contributed by atoms with Crippen molar-refractivity contribution in [3.63, 3.8) is 0 Å². The van der Waals surface area contributed by atoms with Crippen LogP contribution in [-0.2, 0) is 4.79 Å². The van der Waals surface area contributed by atoms with Crippen LogP contribution in [0.4, 0.5) is 0 Å². The topological polar surface area (TPSA) is 17.1 Å². The zero-order chi connectivity index (χ0) is 5.70. The second-order valence-corrected chi connectivity index (χ2v) is 2.41. The highest BCUT2D eigenvalue weighted by Crippen LogP contribution is 1.97. The Kier molecular flexibility index (Phi) is 4.88. The minimum atomic E-state index is 0.0353. The van der Waals surface area contributed by atoms with E-state index < -0.39 is 0 Å². The molecule has 0 fully saturated rings. The van der Waals surface area contributed by atoms with Gasteiger partial charge in [-0.05, 0) is 22.4 Å². The molecule has 3 heteroatoms. The predicted octanol–water partition coefficient (Wildman–Crippen LogP) is 1.93. The fourth-order valence-electron chi connectivity index (χ4n) is 0.206. The Balaban J connectivity index is 2.82. The molecule has 0 spiro atoms. The maximum atomic E-state index is 10.1. The lowest BCUT2D eigenvalue weighted by Gasteiger charge is -1.83. The van der Waals surface area contributed by atoms with Gasteiger partial charge in [0.2, 0.25) is 0 Å². The van der Waals surface area contributed by atoms with Gasteiger partial charge in [0.1, 0.15) is 0 Å². The molecule has 0 saturated carbocycles. The van der Waals surface area contributed by atoms with E-state index in [4.69, 9.17) is 11.6 Å². The summed E-state index contributed by atoms with van der Waals surface area (Å²) in [5.41, 5.74) is 0. The van der Waals surface area contributed by atoms with Gasteiger partial charge in [0.25, 0.3) is 0 Å². The van der Waals surface area contributed by atoms with Crippen molar-refractivity contribution in [2.45, 2.75) is 12.8 Å². The Morgan fingerprint density at radius 1 is 1.71 bits per heavy atom. The fourth-order valence-corrected chi connectivity index (χ4v) is 0.620. The van der Waals surface area contributed by atoms with E-state index in [-0.39, 0.29) is 4.69 Å². The molecule has 0 rings (SSSR count). The van der Waals surface area contributed by atoms with E-state index in [0.717, 1.165) is 6.42 Å². The number of alkyl halides is 1. The minimum Gasteiger partial charge on any atom is -0.287 e. The molecule has 42 valence electrons. The van der Waals surface area contributed by atoms with Gasteiger partial charge < -0.3 is 0 Å². The van der Waals surface area contributed by atoms with Gasteiger partial charge in [-0.25, -0.2) is 0 Å². The van der Waals surface area contributed by atoms with Crippen molar-refractivity contribution in [3.05, 3.63) is 0 Å². The van der Waals surface area contributed by atoms with E-state index in [9.17, 15) is 4.79 Å². The van der Waals surface area contributed by atoms with Crippen LogP contribution in [0, 0.1) is 0 Å². The number of rotatable bonds is 3. The average molecular weight is 185 g/mol. The second-order valence-electron chi connectivity index (χ2n) is 1.15. The van der Waals surface area contributed by atoms with Crippen molar-refractivity contribution in [1.82, 2.24) is 0 Å². The lowest BCUT2D eigenvalue weighted by Crippen LogP contribution is -1.84. The standard InChI is InChI=1S/C4H6BrClO/c5-4(7)2-1-3-6/h1-3H2. The minimum absolute atomic E-state index is 0.0353. The van der Waals surface area contributed by atoms with E-state index in [1.54, 1.807) is 0 Å². The van der Waals surface area contributed by atoms with Crippen molar-refractivity contribution >= 4 is 32.2 Å². The van der Waals surface area contributed by atoms with E-state index in [0.29, 0.717) is 12.3 Å². The molecule has 0 aliphatic rings. The summed E-state index contributed by atoms with van der Waals surface area (Å²) in [4.78, 5) is 10.1. The monoisotopic (exact) mass is 184 g/mol. The summed E-state index contributed by atoms with van der Waals surface area (Å²) in [7, 11) is 0. The van der Waals surface area contributed by atoms with Crippen LogP contribution < -0.4 is 0 Å². The Morgan fingerprint density at radius 2 is 2.29 bits per heavy atom. The third kappa shape index (κ3) is 6.44. The van der Waals surface area contributed by atoms with Gasteiger partial charge in [-0.15, -0.1) is 11.6 Å². The number of carbonyl (C=O) groups excluding carboxylic acids is 1. The fraction of sp³-hybridized carbons (Fsp3) is 0.750. The summed E-state index contributed by atoms with van der Waals surface area (Å²) in [6, 6.07) is 0. The van der Waals surface area contributed by atoms with Crippen LogP contribution in [0.1, 0.15) is 12.8 Å². The Bertz CT molecular complexity index is 64.7. The third-order valence-corrected chi connectivity index (χ3v) is 1.17. The Morgan fingerprint density at radius 3 is 2.43 bits per heavy atom. The second kappa shape index (κ2) is 4.60. The van der Waals surface area contributed by atoms with Crippen LogP contribution in [0.3, 0.4) is 0 Å². The largest absolute Gasteiger partial charge is 0.287 e. The molecule has 0 N–H and O–H groups in total. The summed E-state index contributed by atoms with van der Waals surface area (Å²) in [6.07, 6.45) is 1.31. The quantitative estimate of drug-likeness (QED) is 0.485. The number of carbonyl (C=O) groups is 1. The highest BCUT2D eigenvalue weighted by atomic mass is 79.9. The smallest absolute Gasteiger partial charge is 0.197 e. The molecule has 0 amide bonds. The highest BCUT2D eigenvalue weighted by molar-refractivity contribution is 9.18. The molecule has 0 saturated heterocycles. The number of halogens is 2. The van der Waals surface area contributed by atoms with Crippen LogP contribution in [0.5, 0.6) is 0 Å². The number of hydrogen-bond acceptors (Lipinski definition) is 1. The van der Waals surface area contributed by atoms with Crippen LogP contribution in [0.2, 0.25) is 0 Å². The van der Waals surface area contributed by atoms with Crippen molar-refractivity contribution in [3.8, 4) is 0 Å². The first kappa shape index (κ1) is 7.44. The van der Waals surface area contributed by atoms with Crippen molar-refractivity contribution in [1.29, 1.82) is 0 Å². The molecule has 0 aromatic rings. The number of hydrogen-bond donors (Lipinski definition) is 0. The van der Waals surface area contributed by atoms with Gasteiger partial charge >= 0.3 is 0 Å². The average Bonchev–Trinajstić information content (AvgIpc) is 1.61. The van der Waals surface area contributed by atoms with E-state index >= 15 is 0 Å². The summed E-state index contributed by atoms with van der Waals surface area (Å²) in [6.45, 7) is 0. The lowest BCUT2D eigenvalue weighted by molar-refractivity contribution is -0.110. The van der Waals surface area contributed by atoms with Crippen molar-refractivity contribution in [2.75, 3.05) is 5.88 Å².